The van der Waals surface area contributed by atoms with Crippen molar-refractivity contribution in [1.29, 1.82) is 0 Å². The molecule has 0 saturated carbocycles. The Kier molecular flexibility index (Phi) is 5.44. The zero-order chi connectivity index (χ0) is 13.4. The second kappa shape index (κ2) is 7.11. The fourth-order valence-electron chi connectivity index (χ4n) is 1.26. The first-order chi connectivity index (χ1) is 8.67. The third-order valence-electron chi connectivity index (χ3n) is 2.03. The highest BCUT2D eigenvalue weighted by Gasteiger charge is 2.08. The molecule has 0 fully saturated rings. The first-order valence-corrected chi connectivity index (χ1v) is 5.39. The summed E-state index contributed by atoms with van der Waals surface area (Å²) in [6.45, 7) is 1.36. The van der Waals surface area contributed by atoms with E-state index in [0.717, 1.165) is 0 Å². The lowest BCUT2D eigenvalue weighted by molar-refractivity contribution is -0.142. The zero-order valence-corrected chi connectivity index (χ0v) is 10.3. The number of hydrogen-bond donors (Lipinski definition) is 1. The van der Waals surface area contributed by atoms with Crippen LogP contribution < -0.4 is 10.1 Å². The summed E-state index contributed by atoms with van der Waals surface area (Å²) in [5, 5.41) is 2.59. The Labute approximate surface area is 105 Å². The highest BCUT2D eigenvalue weighted by Crippen LogP contribution is 2.22. The smallest absolute Gasteiger partial charge is 0.330 e. The van der Waals surface area contributed by atoms with Gasteiger partial charge in [-0.25, -0.2) is 4.79 Å². The summed E-state index contributed by atoms with van der Waals surface area (Å²) in [5.41, 5.74) is 0.534. The van der Waals surface area contributed by atoms with E-state index in [4.69, 9.17) is 9.47 Å². The standard InChI is InChI=1S/C13H15NO4/c1-3-6-13(16)18-9-12(15)14-10-7-4-5-8-11(10)17-2/h3-8H,9H2,1-2H3,(H,14,15). The fourth-order valence-corrected chi connectivity index (χ4v) is 1.26. The molecule has 1 aromatic carbocycles. The lowest BCUT2D eigenvalue weighted by Crippen LogP contribution is -2.20. The first kappa shape index (κ1) is 13.8. The number of nitrogens with one attached hydrogen (secondary N) is 1. The van der Waals surface area contributed by atoms with E-state index in [2.05, 4.69) is 5.32 Å². The van der Waals surface area contributed by atoms with Crippen molar-refractivity contribution in [3.63, 3.8) is 0 Å². The van der Waals surface area contributed by atoms with Crippen molar-refractivity contribution in [2.45, 2.75) is 6.92 Å². The van der Waals surface area contributed by atoms with Gasteiger partial charge in [-0.3, -0.25) is 4.79 Å². The molecule has 0 aromatic heterocycles. The number of carbonyl (C=O) groups excluding carboxylic acids is 2. The largest absolute Gasteiger partial charge is 0.495 e. The predicted octanol–water partition coefficient (Wildman–Crippen LogP) is 1.75. The van der Waals surface area contributed by atoms with E-state index in [1.165, 1.54) is 13.2 Å². The number of allylic oxidation sites excluding steroid dienone is 1. The average molecular weight is 249 g/mol. The molecule has 96 valence electrons. The molecule has 0 unspecified atom stereocenters. The molecule has 5 heteroatoms. The lowest BCUT2D eigenvalue weighted by Gasteiger charge is -2.09. The van der Waals surface area contributed by atoms with Crippen LogP contribution in [0, 0.1) is 0 Å². The number of ether oxygens (including phenoxy) is 2. The minimum Gasteiger partial charge on any atom is -0.495 e. The Morgan fingerprint density at radius 2 is 2.06 bits per heavy atom. The Bertz CT molecular complexity index is 454. The maximum Gasteiger partial charge on any atom is 0.330 e. The van der Waals surface area contributed by atoms with E-state index in [-0.39, 0.29) is 6.61 Å². The lowest BCUT2D eigenvalue weighted by atomic mass is 10.3. The Morgan fingerprint density at radius 1 is 1.33 bits per heavy atom. The molecule has 0 spiro atoms. The van der Waals surface area contributed by atoms with Crippen molar-refractivity contribution >= 4 is 17.6 Å². The van der Waals surface area contributed by atoms with Gasteiger partial charge in [-0.1, -0.05) is 18.2 Å². The van der Waals surface area contributed by atoms with E-state index in [1.54, 1.807) is 37.3 Å². The summed E-state index contributed by atoms with van der Waals surface area (Å²) in [6, 6.07) is 6.98. The van der Waals surface area contributed by atoms with Gasteiger partial charge in [0, 0.05) is 6.08 Å². The highest BCUT2D eigenvalue weighted by atomic mass is 16.5. The molecule has 5 nitrogen and oxygen atoms in total. The number of esters is 1. The number of rotatable bonds is 5. The Hall–Kier alpha value is -2.30. The summed E-state index contributed by atoms with van der Waals surface area (Å²) in [5.74, 6) is -0.421. The van der Waals surface area contributed by atoms with Crippen molar-refractivity contribution in [2.24, 2.45) is 0 Å². The summed E-state index contributed by atoms with van der Waals surface area (Å²) in [6.07, 6.45) is 2.79. The molecule has 0 radical (unpaired) electrons. The molecule has 1 rings (SSSR count). The number of benzene rings is 1. The van der Waals surface area contributed by atoms with Crippen LogP contribution in [0.3, 0.4) is 0 Å². The molecule has 0 atom stereocenters. The van der Waals surface area contributed by atoms with Gasteiger partial charge < -0.3 is 14.8 Å². The maximum atomic E-state index is 11.5. The van der Waals surface area contributed by atoms with Crippen LogP contribution in [0.25, 0.3) is 0 Å². The van der Waals surface area contributed by atoms with E-state index in [1.807, 2.05) is 0 Å². The second-order valence-corrected chi connectivity index (χ2v) is 3.36. The number of anilines is 1. The number of hydrogen-bond acceptors (Lipinski definition) is 4. The topological polar surface area (TPSA) is 64.6 Å². The van der Waals surface area contributed by atoms with Gasteiger partial charge >= 0.3 is 5.97 Å². The molecule has 1 N–H and O–H groups in total. The minimum absolute atomic E-state index is 0.332. The van der Waals surface area contributed by atoms with Crippen molar-refractivity contribution in [1.82, 2.24) is 0 Å². The second-order valence-electron chi connectivity index (χ2n) is 3.36. The van der Waals surface area contributed by atoms with E-state index >= 15 is 0 Å². The molecular formula is C13H15NO4. The van der Waals surface area contributed by atoms with Crippen LogP contribution >= 0.6 is 0 Å². The predicted molar refractivity (Wildman–Crippen MR) is 67.4 cm³/mol. The van der Waals surface area contributed by atoms with Gasteiger partial charge in [-0.05, 0) is 19.1 Å². The van der Waals surface area contributed by atoms with Gasteiger partial charge in [0.25, 0.3) is 5.91 Å². The molecule has 0 saturated heterocycles. The summed E-state index contributed by atoms with van der Waals surface area (Å²) >= 11 is 0. The maximum absolute atomic E-state index is 11.5. The molecule has 0 aliphatic rings. The number of amides is 1. The van der Waals surface area contributed by atoms with Gasteiger partial charge in [0.1, 0.15) is 5.75 Å². The van der Waals surface area contributed by atoms with Crippen LogP contribution in [0.1, 0.15) is 6.92 Å². The van der Waals surface area contributed by atoms with Gasteiger partial charge in [-0.2, -0.15) is 0 Å². The van der Waals surface area contributed by atoms with Crippen LogP contribution in [0.2, 0.25) is 0 Å². The van der Waals surface area contributed by atoms with Crippen molar-refractivity contribution in [3.8, 4) is 5.75 Å². The molecule has 0 heterocycles. The first-order valence-electron chi connectivity index (χ1n) is 5.39. The van der Waals surface area contributed by atoms with Gasteiger partial charge in [-0.15, -0.1) is 0 Å². The Balaban J connectivity index is 2.52. The van der Waals surface area contributed by atoms with Crippen LogP contribution in [0.15, 0.2) is 36.4 Å². The number of para-hydroxylation sites is 2. The SMILES string of the molecule is CC=CC(=O)OCC(=O)Nc1ccccc1OC. The molecule has 18 heavy (non-hydrogen) atoms. The third kappa shape index (κ3) is 4.29. The van der Waals surface area contributed by atoms with Crippen molar-refractivity contribution in [2.75, 3.05) is 19.0 Å². The van der Waals surface area contributed by atoms with E-state index in [0.29, 0.717) is 11.4 Å². The zero-order valence-electron chi connectivity index (χ0n) is 10.3. The minimum atomic E-state index is -0.548. The van der Waals surface area contributed by atoms with Gasteiger partial charge in [0.2, 0.25) is 0 Å². The Morgan fingerprint density at radius 3 is 2.72 bits per heavy atom. The van der Waals surface area contributed by atoms with Gasteiger partial charge in [0.05, 0.1) is 12.8 Å². The van der Waals surface area contributed by atoms with E-state index in [9.17, 15) is 9.59 Å². The monoisotopic (exact) mass is 249 g/mol. The van der Waals surface area contributed by atoms with Crippen LogP contribution in [-0.2, 0) is 14.3 Å². The fraction of sp³-hybridized carbons (Fsp3) is 0.231. The van der Waals surface area contributed by atoms with E-state index < -0.39 is 11.9 Å². The van der Waals surface area contributed by atoms with Gasteiger partial charge in [0.15, 0.2) is 6.61 Å². The molecule has 0 aliphatic carbocycles. The van der Waals surface area contributed by atoms with Crippen molar-refractivity contribution in [3.05, 3.63) is 36.4 Å². The summed E-state index contributed by atoms with van der Waals surface area (Å²) in [7, 11) is 1.51. The molecule has 0 bridgehead atoms. The molecule has 1 aromatic rings. The quantitative estimate of drug-likeness (QED) is 0.638. The van der Waals surface area contributed by atoms with Crippen LogP contribution in [-0.4, -0.2) is 25.6 Å². The third-order valence-corrected chi connectivity index (χ3v) is 2.03. The molecule has 0 aliphatic heterocycles. The summed E-state index contributed by atoms with van der Waals surface area (Å²) in [4.78, 5) is 22.5. The molecule has 1 amide bonds. The average Bonchev–Trinajstić information content (AvgIpc) is 2.37. The van der Waals surface area contributed by atoms with Crippen LogP contribution in [0.4, 0.5) is 5.69 Å². The normalized spacial score (nSPS) is 10.1. The summed E-state index contributed by atoms with van der Waals surface area (Å²) < 4.78 is 9.79. The molecular weight excluding hydrogens is 234 g/mol. The highest BCUT2D eigenvalue weighted by molar-refractivity contribution is 5.94. The van der Waals surface area contributed by atoms with Crippen LogP contribution in [0.5, 0.6) is 5.75 Å². The number of methoxy groups -OCH3 is 1. The van der Waals surface area contributed by atoms with Crippen molar-refractivity contribution < 1.29 is 19.1 Å². The number of carbonyl (C=O) groups is 2.